The molecule has 12 heavy (non-hydrogen) atoms. The van der Waals surface area contributed by atoms with Crippen LogP contribution in [0.25, 0.3) is 0 Å². The van der Waals surface area contributed by atoms with E-state index in [1.165, 1.54) is 12.7 Å². The summed E-state index contributed by atoms with van der Waals surface area (Å²) in [5.41, 5.74) is 0. The van der Waals surface area contributed by atoms with Gasteiger partial charge in [-0.25, -0.2) is 20.3 Å². The van der Waals surface area contributed by atoms with Crippen LogP contribution in [0.1, 0.15) is 0 Å². The van der Waals surface area contributed by atoms with E-state index in [1.54, 1.807) is 0 Å². The number of hydrogen-bond acceptors (Lipinski definition) is 4. The van der Waals surface area contributed by atoms with Crippen molar-refractivity contribution in [1.82, 2.24) is 20.3 Å². The highest BCUT2D eigenvalue weighted by molar-refractivity contribution is 5.27. The van der Waals surface area contributed by atoms with Crippen LogP contribution in [0.4, 0.5) is 5.95 Å². The van der Waals surface area contributed by atoms with E-state index in [0.29, 0.717) is 0 Å². The molecule has 5 heteroatoms. The van der Waals surface area contributed by atoms with Gasteiger partial charge in [0.05, 0.1) is 0 Å². The van der Waals surface area contributed by atoms with E-state index >= 15 is 0 Å². The lowest BCUT2D eigenvalue weighted by molar-refractivity contribution is 0.569. The molecule has 2 rings (SSSR count). The van der Waals surface area contributed by atoms with Crippen LogP contribution in [-0.4, -0.2) is 41.1 Å². The van der Waals surface area contributed by atoms with Crippen molar-refractivity contribution in [2.75, 3.05) is 31.1 Å². The van der Waals surface area contributed by atoms with E-state index in [-0.39, 0.29) is 0 Å². The summed E-state index contributed by atoms with van der Waals surface area (Å²) in [6.45, 7) is 3.60. The van der Waals surface area contributed by atoms with Crippen LogP contribution < -0.4 is 10.2 Å². The van der Waals surface area contributed by atoms with Crippen LogP contribution in [0.5, 0.6) is 0 Å². The number of hydrogen-bond donors (Lipinski definition) is 0. The molecule has 0 N–H and O–H groups in total. The predicted octanol–water partition coefficient (Wildman–Crippen LogP) is -0.704. The molecule has 0 atom stereocenters. The molecule has 0 spiro atoms. The van der Waals surface area contributed by atoms with Crippen LogP contribution in [0.2, 0.25) is 0 Å². The molecule has 1 saturated heterocycles. The lowest BCUT2D eigenvalue weighted by Gasteiger charge is -2.25. The molecular weight excluding hydrogens is 154 g/mol. The maximum atomic E-state index is 4.24. The largest absolute Gasteiger partial charge is 0.338 e. The van der Waals surface area contributed by atoms with E-state index in [4.69, 9.17) is 0 Å². The van der Waals surface area contributed by atoms with Gasteiger partial charge in [-0.3, -0.25) is 0 Å². The monoisotopic (exact) mass is 164 g/mol. The molecule has 0 unspecified atom stereocenters. The Morgan fingerprint density at radius 1 is 1.08 bits per heavy atom. The first-order valence-corrected chi connectivity index (χ1v) is 3.97. The minimum absolute atomic E-state index is 0.764. The van der Waals surface area contributed by atoms with E-state index in [2.05, 4.69) is 25.2 Å². The summed E-state index contributed by atoms with van der Waals surface area (Å²) in [4.78, 5) is 14.0. The van der Waals surface area contributed by atoms with Crippen molar-refractivity contribution < 1.29 is 0 Å². The Labute approximate surface area is 70.9 Å². The zero-order chi connectivity index (χ0) is 8.23. The third-order valence-corrected chi connectivity index (χ3v) is 1.82. The van der Waals surface area contributed by atoms with Gasteiger partial charge < -0.3 is 4.90 Å². The van der Waals surface area contributed by atoms with Crippen molar-refractivity contribution >= 4 is 5.95 Å². The van der Waals surface area contributed by atoms with E-state index < -0.39 is 0 Å². The Kier molecular flexibility index (Phi) is 2.13. The molecule has 0 bridgehead atoms. The molecular formula is C7H10N5. The summed E-state index contributed by atoms with van der Waals surface area (Å²) in [5, 5.41) is 4.24. The van der Waals surface area contributed by atoms with Crippen molar-refractivity contribution in [3.8, 4) is 0 Å². The van der Waals surface area contributed by atoms with E-state index in [9.17, 15) is 0 Å². The quantitative estimate of drug-likeness (QED) is 0.550. The number of nitrogens with zero attached hydrogens (tertiary/aromatic N) is 5. The molecule has 1 fully saturated rings. The first-order valence-electron chi connectivity index (χ1n) is 3.97. The fourth-order valence-electron chi connectivity index (χ4n) is 1.20. The maximum Gasteiger partial charge on any atom is 0.228 e. The fourth-order valence-corrected chi connectivity index (χ4v) is 1.20. The number of piperazine rings is 1. The number of anilines is 1. The molecule has 5 nitrogen and oxygen atoms in total. The van der Waals surface area contributed by atoms with Gasteiger partial charge in [0, 0.05) is 26.2 Å². The van der Waals surface area contributed by atoms with Crippen molar-refractivity contribution in [2.24, 2.45) is 0 Å². The topological polar surface area (TPSA) is 56.0 Å². The first kappa shape index (κ1) is 7.42. The van der Waals surface area contributed by atoms with Gasteiger partial charge in [-0.2, -0.15) is 0 Å². The predicted molar refractivity (Wildman–Crippen MR) is 43.9 cm³/mol. The molecule has 0 aliphatic carbocycles. The third kappa shape index (κ3) is 1.50. The van der Waals surface area contributed by atoms with E-state index in [1.807, 2.05) is 0 Å². The second kappa shape index (κ2) is 3.44. The Morgan fingerprint density at radius 2 is 1.75 bits per heavy atom. The maximum absolute atomic E-state index is 4.24. The fraction of sp³-hybridized carbons (Fsp3) is 0.571. The highest BCUT2D eigenvalue weighted by atomic mass is 15.3. The van der Waals surface area contributed by atoms with Gasteiger partial charge in [0.25, 0.3) is 0 Å². The minimum atomic E-state index is 0.764. The molecule has 1 aliphatic rings. The number of aromatic nitrogens is 3. The summed E-state index contributed by atoms with van der Waals surface area (Å²) in [6.07, 6.45) is 3.04. The van der Waals surface area contributed by atoms with Gasteiger partial charge in [0.2, 0.25) is 5.95 Å². The Hall–Kier alpha value is -1.23. The molecule has 1 aromatic rings. The molecule has 2 heterocycles. The summed E-state index contributed by atoms with van der Waals surface area (Å²) >= 11 is 0. The molecule has 0 aromatic carbocycles. The lowest BCUT2D eigenvalue weighted by atomic mass is 10.4. The second-order valence-corrected chi connectivity index (χ2v) is 2.60. The summed E-state index contributed by atoms with van der Waals surface area (Å²) in [6, 6.07) is 0. The highest BCUT2D eigenvalue weighted by Crippen LogP contribution is 2.04. The van der Waals surface area contributed by atoms with Crippen LogP contribution in [0.3, 0.4) is 0 Å². The molecule has 0 saturated carbocycles. The van der Waals surface area contributed by atoms with Gasteiger partial charge in [-0.15, -0.1) is 0 Å². The smallest absolute Gasteiger partial charge is 0.228 e. The highest BCUT2D eigenvalue weighted by Gasteiger charge is 2.12. The normalized spacial score (nSPS) is 17.8. The standard InChI is InChI=1S/C7H10N5/c1-3-12(4-2-8-1)7-10-5-9-6-11-7/h5-6H,1-4H2. The number of rotatable bonds is 1. The summed E-state index contributed by atoms with van der Waals surface area (Å²) in [7, 11) is 0. The average Bonchev–Trinajstić information content (AvgIpc) is 2.21. The molecule has 1 aromatic heterocycles. The van der Waals surface area contributed by atoms with Crippen molar-refractivity contribution in [2.45, 2.75) is 0 Å². The molecule has 1 radical (unpaired) electrons. The molecule has 0 amide bonds. The van der Waals surface area contributed by atoms with Crippen molar-refractivity contribution in [1.29, 1.82) is 0 Å². The Morgan fingerprint density at radius 3 is 2.42 bits per heavy atom. The second-order valence-electron chi connectivity index (χ2n) is 2.60. The van der Waals surface area contributed by atoms with Gasteiger partial charge in [-0.05, 0) is 0 Å². The third-order valence-electron chi connectivity index (χ3n) is 1.82. The van der Waals surface area contributed by atoms with Crippen LogP contribution in [-0.2, 0) is 0 Å². The summed E-state index contributed by atoms with van der Waals surface area (Å²) in [5.74, 6) is 0.764. The van der Waals surface area contributed by atoms with E-state index in [0.717, 1.165) is 32.1 Å². The van der Waals surface area contributed by atoms with Crippen molar-refractivity contribution in [3.05, 3.63) is 12.7 Å². The first-order chi connectivity index (χ1) is 5.97. The summed E-state index contributed by atoms with van der Waals surface area (Å²) < 4.78 is 0. The lowest BCUT2D eigenvalue weighted by Crippen LogP contribution is -2.41. The molecule has 63 valence electrons. The SMILES string of the molecule is c1ncnc(N2CC[N]CC2)n1. The van der Waals surface area contributed by atoms with Gasteiger partial charge in [0.15, 0.2) is 0 Å². The van der Waals surface area contributed by atoms with Gasteiger partial charge in [-0.1, -0.05) is 0 Å². The Balaban J connectivity index is 2.08. The van der Waals surface area contributed by atoms with Crippen LogP contribution >= 0.6 is 0 Å². The van der Waals surface area contributed by atoms with Crippen molar-refractivity contribution in [3.63, 3.8) is 0 Å². The molecule has 1 aliphatic heterocycles. The van der Waals surface area contributed by atoms with Crippen LogP contribution in [0, 0.1) is 0 Å². The van der Waals surface area contributed by atoms with Crippen LogP contribution in [0.15, 0.2) is 12.7 Å². The zero-order valence-electron chi connectivity index (χ0n) is 6.72. The van der Waals surface area contributed by atoms with Gasteiger partial charge in [0.1, 0.15) is 12.7 Å². The van der Waals surface area contributed by atoms with Gasteiger partial charge >= 0.3 is 0 Å². The average molecular weight is 164 g/mol. The minimum Gasteiger partial charge on any atom is -0.338 e. The zero-order valence-corrected chi connectivity index (χ0v) is 6.72. The Bertz CT molecular complexity index is 231.